The summed E-state index contributed by atoms with van der Waals surface area (Å²) in [7, 11) is -4.21. The summed E-state index contributed by atoms with van der Waals surface area (Å²) >= 11 is 0. The molecule has 2 aromatic carbocycles. The second-order valence-electron chi connectivity index (χ2n) is 6.11. The maximum Gasteiger partial charge on any atom is 0.246 e. The Morgan fingerprint density at radius 1 is 0.885 bits per heavy atom. The normalized spacial score (nSPS) is 16.0. The van der Waals surface area contributed by atoms with Crippen LogP contribution >= 0.6 is 0 Å². The largest absolute Gasteiger partial charge is 0.369 e. The van der Waals surface area contributed by atoms with Gasteiger partial charge in [-0.25, -0.2) is 21.9 Å². The summed E-state index contributed by atoms with van der Waals surface area (Å²) in [6.45, 7) is 3.87. The van der Waals surface area contributed by atoms with E-state index in [9.17, 15) is 17.2 Å². The van der Waals surface area contributed by atoms with Gasteiger partial charge in [0.25, 0.3) is 0 Å². The number of halogens is 2. The van der Waals surface area contributed by atoms with Gasteiger partial charge >= 0.3 is 0 Å². The Morgan fingerprint density at radius 3 is 2.12 bits per heavy atom. The minimum atomic E-state index is -4.21. The van der Waals surface area contributed by atoms with Crippen LogP contribution in [0.4, 0.5) is 14.5 Å². The van der Waals surface area contributed by atoms with E-state index in [0.717, 1.165) is 44.4 Å². The van der Waals surface area contributed by atoms with Crippen molar-refractivity contribution in [2.75, 3.05) is 44.2 Å². The summed E-state index contributed by atoms with van der Waals surface area (Å²) in [5.41, 5.74) is 1.17. The number of sulfonamides is 1. The zero-order valence-corrected chi connectivity index (χ0v) is 15.1. The van der Waals surface area contributed by atoms with E-state index in [-0.39, 0.29) is 6.54 Å². The van der Waals surface area contributed by atoms with Gasteiger partial charge in [0, 0.05) is 45.0 Å². The molecule has 1 saturated heterocycles. The van der Waals surface area contributed by atoms with Gasteiger partial charge < -0.3 is 4.90 Å². The van der Waals surface area contributed by atoms with E-state index in [4.69, 9.17) is 0 Å². The van der Waals surface area contributed by atoms with Crippen molar-refractivity contribution in [3.8, 4) is 0 Å². The molecule has 1 aliphatic rings. The van der Waals surface area contributed by atoms with E-state index in [1.165, 1.54) is 5.69 Å². The molecule has 1 heterocycles. The Hall–Kier alpha value is -2.03. The molecule has 3 rings (SSSR count). The average Bonchev–Trinajstić information content (AvgIpc) is 2.62. The molecule has 0 amide bonds. The molecule has 1 N–H and O–H groups in total. The summed E-state index contributed by atoms with van der Waals surface area (Å²) in [4.78, 5) is 3.48. The smallest absolute Gasteiger partial charge is 0.246 e. The van der Waals surface area contributed by atoms with E-state index < -0.39 is 26.6 Å². The quantitative estimate of drug-likeness (QED) is 0.832. The van der Waals surface area contributed by atoms with Gasteiger partial charge in [-0.15, -0.1) is 0 Å². The molecule has 1 fully saturated rings. The summed E-state index contributed by atoms with van der Waals surface area (Å²) in [6, 6.07) is 13.1. The molecule has 8 heteroatoms. The van der Waals surface area contributed by atoms with Gasteiger partial charge in [0.05, 0.1) is 0 Å². The van der Waals surface area contributed by atoms with Crippen molar-refractivity contribution in [3.63, 3.8) is 0 Å². The van der Waals surface area contributed by atoms with Crippen molar-refractivity contribution in [2.24, 2.45) is 0 Å². The van der Waals surface area contributed by atoms with Crippen molar-refractivity contribution in [2.45, 2.75) is 4.90 Å². The Bertz CT molecular complexity index is 819. The highest BCUT2D eigenvalue weighted by atomic mass is 32.2. The molecule has 0 aromatic heterocycles. The van der Waals surface area contributed by atoms with Gasteiger partial charge in [-0.2, -0.15) is 0 Å². The topological polar surface area (TPSA) is 52.7 Å². The van der Waals surface area contributed by atoms with E-state index in [2.05, 4.69) is 26.7 Å². The van der Waals surface area contributed by atoms with Crippen molar-refractivity contribution in [1.29, 1.82) is 0 Å². The summed E-state index contributed by atoms with van der Waals surface area (Å²) in [6.07, 6.45) is 0. The number of benzene rings is 2. The number of anilines is 1. The lowest BCUT2D eigenvalue weighted by molar-refractivity contribution is 0.262. The molecule has 0 atom stereocenters. The molecule has 0 bridgehead atoms. The Kier molecular flexibility index (Phi) is 5.85. The summed E-state index contributed by atoms with van der Waals surface area (Å²) in [5.74, 6) is -2.18. The maximum atomic E-state index is 13.7. The third-order valence-electron chi connectivity index (χ3n) is 4.40. The molecule has 5 nitrogen and oxygen atoms in total. The number of hydrogen-bond acceptors (Lipinski definition) is 4. The number of nitrogens with zero attached hydrogens (tertiary/aromatic N) is 2. The molecule has 1 aliphatic heterocycles. The number of hydrogen-bond donors (Lipinski definition) is 1. The third-order valence-corrected chi connectivity index (χ3v) is 5.91. The van der Waals surface area contributed by atoms with Crippen LogP contribution in [-0.2, 0) is 10.0 Å². The summed E-state index contributed by atoms with van der Waals surface area (Å²) in [5, 5.41) is 0. The fraction of sp³-hybridized carbons (Fsp3) is 0.333. The predicted molar refractivity (Wildman–Crippen MR) is 96.6 cm³/mol. The second kappa shape index (κ2) is 8.11. The van der Waals surface area contributed by atoms with Crippen molar-refractivity contribution in [1.82, 2.24) is 9.62 Å². The van der Waals surface area contributed by atoms with Crippen LogP contribution in [0.15, 0.2) is 53.4 Å². The van der Waals surface area contributed by atoms with Crippen LogP contribution in [0.3, 0.4) is 0 Å². The Morgan fingerprint density at radius 2 is 1.50 bits per heavy atom. The van der Waals surface area contributed by atoms with Gasteiger partial charge in [-0.3, -0.25) is 4.90 Å². The summed E-state index contributed by atoms with van der Waals surface area (Å²) < 4.78 is 53.9. The van der Waals surface area contributed by atoms with Crippen molar-refractivity contribution >= 4 is 15.7 Å². The minimum absolute atomic E-state index is 0.0987. The van der Waals surface area contributed by atoms with E-state index in [1.54, 1.807) is 0 Å². The van der Waals surface area contributed by atoms with Crippen LogP contribution < -0.4 is 9.62 Å². The highest BCUT2D eigenvalue weighted by Gasteiger charge is 2.24. The maximum absolute atomic E-state index is 13.7. The van der Waals surface area contributed by atoms with Crippen LogP contribution in [0.5, 0.6) is 0 Å². The van der Waals surface area contributed by atoms with Crippen LogP contribution in [-0.4, -0.2) is 52.6 Å². The second-order valence-corrected chi connectivity index (χ2v) is 7.82. The van der Waals surface area contributed by atoms with Gasteiger partial charge in [-0.05, 0) is 24.3 Å². The van der Waals surface area contributed by atoms with Crippen LogP contribution in [0.2, 0.25) is 0 Å². The monoisotopic (exact) mass is 381 g/mol. The fourth-order valence-electron chi connectivity index (χ4n) is 3.02. The average molecular weight is 381 g/mol. The van der Waals surface area contributed by atoms with Crippen LogP contribution in [0, 0.1) is 11.6 Å². The lowest BCUT2D eigenvalue weighted by atomic mass is 10.2. The third kappa shape index (κ3) is 4.38. The Balaban J connectivity index is 1.50. The first-order valence-corrected chi connectivity index (χ1v) is 9.92. The van der Waals surface area contributed by atoms with Crippen molar-refractivity contribution in [3.05, 3.63) is 60.2 Å². The van der Waals surface area contributed by atoms with Crippen LogP contribution in [0.25, 0.3) is 0 Å². The SMILES string of the molecule is O=S(=O)(NCCN1CCN(c2ccccc2)CC1)c1c(F)cccc1F. The zero-order valence-electron chi connectivity index (χ0n) is 14.2. The lowest BCUT2D eigenvalue weighted by Gasteiger charge is -2.36. The first-order valence-electron chi connectivity index (χ1n) is 8.43. The van der Waals surface area contributed by atoms with E-state index in [1.807, 2.05) is 18.2 Å². The number of rotatable bonds is 6. The fourth-order valence-corrected chi connectivity index (χ4v) is 4.17. The van der Waals surface area contributed by atoms with E-state index in [0.29, 0.717) is 6.54 Å². The zero-order chi connectivity index (χ0) is 18.6. The van der Waals surface area contributed by atoms with Gasteiger partial charge in [0.15, 0.2) is 4.90 Å². The molecule has 0 unspecified atom stereocenters. The number of piperazine rings is 1. The van der Waals surface area contributed by atoms with Crippen LogP contribution in [0.1, 0.15) is 0 Å². The molecular formula is C18H21F2N3O2S. The lowest BCUT2D eigenvalue weighted by Crippen LogP contribution is -2.48. The van der Waals surface area contributed by atoms with Gasteiger partial charge in [0.1, 0.15) is 11.6 Å². The highest BCUT2D eigenvalue weighted by Crippen LogP contribution is 2.18. The highest BCUT2D eigenvalue weighted by molar-refractivity contribution is 7.89. The molecule has 26 heavy (non-hydrogen) atoms. The number of nitrogens with one attached hydrogen (secondary N) is 1. The molecule has 2 aromatic rings. The van der Waals surface area contributed by atoms with Gasteiger partial charge in [-0.1, -0.05) is 24.3 Å². The molecule has 0 aliphatic carbocycles. The molecule has 0 spiro atoms. The molecule has 140 valence electrons. The predicted octanol–water partition coefficient (Wildman–Crippen LogP) is 2.07. The van der Waals surface area contributed by atoms with Gasteiger partial charge in [0.2, 0.25) is 10.0 Å². The number of para-hydroxylation sites is 1. The first kappa shape index (κ1) is 18.8. The molecular weight excluding hydrogens is 360 g/mol. The molecule has 0 saturated carbocycles. The standard InChI is InChI=1S/C18H21F2N3O2S/c19-16-7-4-8-17(20)18(16)26(24,25)21-9-10-22-11-13-23(14-12-22)15-5-2-1-3-6-15/h1-8,21H,9-14H2. The van der Waals surface area contributed by atoms with Crippen molar-refractivity contribution < 1.29 is 17.2 Å². The molecule has 0 radical (unpaired) electrons. The van der Waals surface area contributed by atoms with E-state index >= 15 is 0 Å². The first-order chi connectivity index (χ1) is 12.5. The minimum Gasteiger partial charge on any atom is -0.369 e. The Labute approximate surface area is 152 Å².